The number of nitrogens with zero attached hydrogens (tertiary/aromatic N) is 5. The van der Waals surface area contributed by atoms with Crippen molar-refractivity contribution in [3.8, 4) is 0 Å². The van der Waals surface area contributed by atoms with Crippen LogP contribution in [0.5, 0.6) is 0 Å². The minimum absolute atomic E-state index is 0.175. The van der Waals surface area contributed by atoms with Gasteiger partial charge in [0, 0.05) is 89.6 Å². The molecule has 4 aliphatic rings. The zero-order chi connectivity index (χ0) is 41.0. The number of amides is 3. The first-order chi connectivity index (χ1) is 27.3. The van der Waals surface area contributed by atoms with E-state index in [9.17, 15) is 14.4 Å². The van der Waals surface area contributed by atoms with E-state index in [1.165, 1.54) is 0 Å². The number of carbonyl (C=O) groups excluding carboxylic acids is 3. The highest BCUT2D eigenvalue weighted by Gasteiger charge is 2.36. The molecule has 2 aromatic carbocycles. The zero-order valence-electron chi connectivity index (χ0n) is 35.7. The number of rotatable bonds is 8. The summed E-state index contributed by atoms with van der Waals surface area (Å²) in [6.45, 7) is 24.1. The molecule has 4 heterocycles. The lowest BCUT2D eigenvalue weighted by molar-refractivity contribution is -0.0139. The van der Waals surface area contributed by atoms with E-state index in [-0.39, 0.29) is 30.4 Å². The van der Waals surface area contributed by atoms with Crippen LogP contribution < -0.4 is 5.32 Å². The van der Waals surface area contributed by atoms with E-state index in [1.807, 2.05) is 96.1 Å². The maximum Gasteiger partial charge on any atom is 0.410 e. The molecule has 6 rings (SSSR count). The van der Waals surface area contributed by atoms with Crippen LogP contribution in [0.4, 0.5) is 14.4 Å². The molecule has 0 saturated carbocycles. The SMILES string of the molecule is C[C@@H]1CN(C(=O)OC(C)(C)C)C[C@H](C)N1CC1CCN(C(=O)OCc2ccccc2)CC1.C[C@@H]1CNC[C@H](C)N1CC1CCN(C(=O)OCc2ccccc2)CC1. The Kier molecular flexibility index (Phi) is 16.5. The average Bonchev–Trinajstić information content (AvgIpc) is 3.19. The number of hydrogen-bond acceptors (Lipinski definition) is 9. The van der Waals surface area contributed by atoms with Gasteiger partial charge in [-0.15, -0.1) is 0 Å². The fraction of sp³-hybridized carbons (Fsp3) is 0.667. The van der Waals surface area contributed by atoms with E-state index in [0.717, 1.165) is 89.2 Å². The van der Waals surface area contributed by atoms with Crippen LogP contribution in [0.15, 0.2) is 60.7 Å². The molecule has 4 saturated heterocycles. The number of ether oxygens (including phenoxy) is 3. The molecule has 12 heteroatoms. The van der Waals surface area contributed by atoms with Gasteiger partial charge in [-0.1, -0.05) is 60.7 Å². The van der Waals surface area contributed by atoms with Gasteiger partial charge in [-0.25, -0.2) is 14.4 Å². The molecule has 2 aromatic rings. The van der Waals surface area contributed by atoms with Crippen molar-refractivity contribution in [1.29, 1.82) is 0 Å². The van der Waals surface area contributed by atoms with Gasteiger partial charge < -0.3 is 34.2 Å². The molecule has 0 unspecified atom stereocenters. The van der Waals surface area contributed by atoms with Crippen molar-refractivity contribution in [2.75, 3.05) is 65.4 Å². The van der Waals surface area contributed by atoms with Crippen molar-refractivity contribution < 1.29 is 28.6 Å². The minimum atomic E-state index is -0.475. The second-order valence-electron chi connectivity index (χ2n) is 17.8. The summed E-state index contributed by atoms with van der Waals surface area (Å²) < 4.78 is 16.5. The van der Waals surface area contributed by atoms with Gasteiger partial charge in [0.25, 0.3) is 0 Å². The highest BCUT2D eigenvalue weighted by Crippen LogP contribution is 2.26. The molecule has 3 amide bonds. The lowest BCUT2D eigenvalue weighted by atomic mass is 9.94. The summed E-state index contributed by atoms with van der Waals surface area (Å²) in [5.41, 5.74) is 1.56. The third kappa shape index (κ3) is 13.9. The first-order valence-corrected chi connectivity index (χ1v) is 21.4. The lowest BCUT2D eigenvalue weighted by Gasteiger charge is -2.46. The summed E-state index contributed by atoms with van der Waals surface area (Å²) in [5, 5.41) is 3.49. The first-order valence-electron chi connectivity index (χ1n) is 21.4. The van der Waals surface area contributed by atoms with Gasteiger partial charge in [0.1, 0.15) is 18.8 Å². The molecular formula is C45H70N6O6. The normalized spacial score (nSPS) is 24.3. The van der Waals surface area contributed by atoms with Crippen LogP contribution in [0.2, 0.25) is 0 Å². The Hall–Kier alpha value is -3.87. The molecular weight excluding hydrogens is 721 g/mol. The fourth-order valence-electron chi connectivity index (χ4n) is 8.54. The summed E-state index contributed by atoms with van der Waals surface area (Å²) in [7, 11) is 0. The Balaban J connectivity index is 0.000000224. The molecule has 0 radical (unpaired) electrons. The zero-order valence-corrected chi connectivity index (χ0v) is 35.7. The molecule has 1 N–H and O–H groups in total. The summed E-state index contributed by atoms with van der Waals surface area (Å²) in [5.74, 6) is 1.23. The molecule has 4 aliphatic heterocycles. The monoisotopic (exact) mass is 791 g/mol. The van der Waals surface area contributed by atoms with Crippen molar-refractivity contribution in [1.82, 2.24) is 29.8 Å². The molecule has 12 nitrogen and oxygen atoms in total. The highest BCUT2D eigenvalue weighted by atomic mass is 16.6. The van der Waals surface area contributed by atoms with Gasteiger partial charge in [0.2, 0.25) is 0 Å². The van der Waals surface area contributed by atoms with Crippen molar-refractivity contribution in [3.63, 3.8) is 0 Å². The Morgan fingerprint density at radius 3 is 1.35 bits per heavy atom. The van der Waals surface area contributed by atoms with Crippen molar-refractivity contribution in [3.05, 3.63) is 71.8 Å². The highest BCUT2D eigenvalue weighted by molar-refractivity contribution is 5.69. The molecule has 0 aliphatic carbocycles. The first kappa shape index (κ1) is 44.2. The van der Waals surface area contributed by atoms with Gasteiger partial charge in [-0.3, -0.25) is 9.80 Å². The number of piperazine rings is 2. The van der Waals surface area contributed by atoms with Crippen LogP contribution in [0, 0.1) is 11.8 Å². The van der Waals surface area contributed by atoms with Gasteiger partial charge in [0.05, 0.1) is 0 Å². The predicted octanol–water partition coefficient (Wildman–Crippen LogP) is 7.08. The number of likely N-dealkylation sites (tertiary alicyclic amines) is 2. The molecule has 316 valence electrons. The number of carbonyl (C=O) groups is 3. The third-order valence-electron chi connectivity index (χ3n) is 11.9. The van der Waals surface area contributed by atoms with E-state index >= 15 is 0 Å². The maximum absolute atomic E-state index is 12.5. The maximum atomic E-state index is 12.5. The molecule has 4 fully saturated rings. The van der Waals surface area contributed by atoms with Crippen molar-refractivity contribution in [2.24, 2.45) is 11.8 Å². The van der Waals surface area contributed by atoms with Crippen molar-refractivity contribution >= 4 is 18.3 Å². The smallest absolute Gasteiger partial charge is 0.410 e. The van der Waals surface area contributed by atoms with Crippen molar-refractivity contribution in [2.45, 2.75) is 117 Å². The second kappa shape index (κ2) is 21.2. The Bertz CT molecular complexity index is 1500. The fourth-order valence-corrected chi connectivity index (χ4v) is 8.54. The third-order valence-corrected chi connectivity index (χ3v) is 11.9. The summed E-state index contributed by atoms with van der Waals surface area (Å²) in [6.07, 6.45) is 3.48. The topological polar surface area (TPSA) is 107 Å². The summed E-state index contributed by atoms with van der Waals surface area (Å²) >= 11 is 0. The van der Waals surface area contributed by atoms with E-state index in [4.69, 9.17) is 14.2 Å². The Morgan fingerprint density at radius 1 is 0.579 bits per heavy atom. The van der Waals surface area contributed by atoms with E-state index < -0.39 is 5.60 Å². The molecule has 4 atom stereocenters. The summed E-state index contributed by atoms with van der Waals surface area (Å²) in [6, 6.07) is 21.4. The van der Waals surface area contributed by atoms with E-state index in [1.54, 1.807) is 0 Å². The van der Waals surface area contributed by atoms with Gasteiger partial charge in [0.15, 0.2) is 0 Å². The molecule has 0 aromatic heterocycles. The Morgan fingerprint density at radius 2 is 0.965 bits per heavy atom. The van der Waals surface area contributed by atoms with Gasteiger partial charge >= 0.3 is 18.3 Å². The molecule has 57 heavy (non-hydrogen) atoms. The van der Waals surface area contributed by atoms with Crippen LogP contribution in [0.3, 0.4) is 0 Å². The number of piperidine rings is 2. The van der Waals surface area contributed by atoms with Gasteiger partial charge in [-0.2, -0.15) is 0 Å². The Labute approximate surface area is 342 Å². The van der Waals surface area contributed by atoms with E-state index in [0.29, 0.717) is 50.2 Å². The number of nitrogens with one attached hydrogen (secondary N) is 1. The number of benzene rings is 2. The van der Waals surface area contributed by atoms with Crippen LogP contribution in [0.1, 0.15) is 85.3 Å². The van der Waals surface area contributed by atoms with Gasteiger partial charge in [-0.05, 0) is 97.1 Å². The predicted molar refractivity (Wildman–Crippen MR) is 224 cm³/mol. The molecule has 0 bridgehead atoms. The van der Waals surface area contributed by atoms with Crippen LogP contribution in [-0.2, 0) is 27.4 Å². The number of hydrogen-bond donors (Lipinski definition) is 1. The quantitative estimate of drug-likeness (QED) is 0.281. The van der Waals surface area contributed by atoms with Crippen LogP contribution in [-0.4, -0.2) is 138 Å². The van der Waals surface area contributed by atoms with E-state index in [2.05, 4.69) is 42.8 Å². The van der Waals surface area contributed by atoms with Crippen LogP contribution in [0.25, 0.3) is 0 Å². The second-order valence-corrected chi connectivity index (χ2v) is 17.8. The van der Waals surface area contributed by atoms with Crippen LogP contribution >= 0.6 is 0 Å². The molecule has 0 spiro atoms. The standard InChI is InChI=1S/C25H39N3O4.C20H31N3O2/c1-19-15-27(24(30)32-25(3,4)5)16-20(2)28(19)17-21-11-13-26(14-12-21)23(29)31-18-22-9-7-6-8-10-22;1-16-12-21-13-17(2)23(16)14-18-8-10-22(11-9-18)20(24)25-15-19-6-4-3-5-7-19/h6-10,19-21H,11-18H2,1-5H3;3-7,16-18,21H,8-15H2,1-2H3/t19-,20+;16-,17+. The minimum Gasteiger partial charge on any atom is -0.445 e. The lowest BCUT2D eigenvalue weighted by Crippen LogP contribution is -2.59. The summed E-state index contributed by atoms with van der Waals surface area (Å²) in [4.78, 5) is 47.8. The largest absolute Gasteiger partial charge is 0.445 e. The average molecular weight is 791 g/mol.